The predicted octanol–water partition coefficient (Wildman–Crippen LogP) is 3.09. The predicted molar refractivity (Wildman–Crippen MR) is 63.7 cm³/mol. The van der Waals surface area contributed by atoms with Crippen molar-refractivity contribution in [3.05, 3.63) is 33.8 Å². The minimum absolute atomic E-state index is 0.575. The standard InChI is InChI=1S/C12H16BrN/c1-8(14-2)11-6-4-9-3-5-10(13)7-12(9)11/h3,5,7-8,11,14H,4,6H2,1-2H3. The summed E-state index contributed by atoms with van der Waals surface area (Å²) < 4.78 is 1.20. The van der Waals surface area contributed by atoms with Gasteiger partial charge in [-0.2, -0.15) is 0 Å². The van der Waals surface area contributed by atoms with Crippen LogP contribution in [0, 0.1) is 0 Å². The van der Waals surface area contributed by atoms with Gasteiger partial charge in [0.05, 0.1) is 0 Å². The number of aryl methyl sites for hydroxylation is 1. The molecule has 76 valence electrons. The molecule has 0 aromatic heterocycles. The van der Waals surface area contributed by atoms with Crippen molar-refractivity contribution in [2.75, 3.05) is 7.05 Å². The van der Waals surface area contributed by atoms with Gasteiger partial charge in [-0.05, 0) is 56.0 Å². The van der Waals surface area contributed by atoms with Gasteiger partial charge in [-0.1, -0.05) is 22.0 Å². The van der Waals surface area contributed by atoms with Gasteiger partial charge >= 0.3 is 0 Å². The zero-order valence-electron chi connectivity index (χ0n) is 8.68. The van der Waals surface area contributed by atoms with Crippen LogP contribution in [0.4, 0.5) is 0 Å². The van der Waals surface area contributed by atoms with Crippen LogP contribution < -0.4 is 5.32 Å². The number of rotatable bonds is 2. The van der Waals surface area contributed by atoms with E-state index in [-0.39, 0.29) is 0 Å². The highest BCUT2D eigenvalue weighted by Gasteiger charge is 2.26. The maximum absolute atomic E-state index is 3.54. The van der Waals surface area contributed by atoms with E-state index in [0.29, 0.717) is 12.0 Å². The van der Waals surface area contributed by atoms with Gasteiger partial charge in [0, 0.05) is 10.5 Å². The quantitative estimate of drug-likeness (QED) is 0.855. The minimum atomic E-state index is 0.575. The minimum Gasteiger partial charge on any atom is -0.317 e. The summed E-state index contributed by atoms with van der Waals surface area (Å²) in [5.41, 5.74) is 3.06. The van der Waals surface area contributed by atoms with E-state index in [9.17, 15) is 0 Å². The molecule has 1 aromatic carbocycles. The maximum atomic E-state index is 3.54. The molecule has 1 N–H and O–H groups in total. The van der Waals surface area contributed by atoms with E-state index in [1.807, 2.05) is 7.05 Å². The van der Waals surface area contributed by atoms with Gasteiger partial charge in [-0.25, -0.2) is 0 Å². The van der Waals surface area contributed by atoms with E-state index in [1.54, 1.807) is 0 Å². The van der Waals surface area contributed by atoms with Crippen LogP contribution in [-0.2, 0) is 6.42 Å². The van der Waals surface area contributed by atoms with Gasteiger partial charge in [0.25, 0.3) is 0 Å². The zero-order chi connectivity index (χ0) is 10.1. The van der Waals surface area contributed by atoms with Crippen LogP contribution in [0.3, 0.4) is 0 Å². The molecule has 0 radical (unpaired) electrons. The summed E-state index contributed by atoms with van der Waals surface area (Å²) in [5, 5.41) is 3.35. The number of benzene rings is 1. The van der Waals surface area contributed by atoms with Gasteiger partial charge in [0.2, 0.25) is 0 Å². The summed E-state index contributed by atoms with van der Waals surface area (Å²) >= 11 is 3.54. The molecule has 1 aliphatic carbocycles. The Morgan fingerprint density at radius 3 is 3.00 bits per heavy atom. The summed E-state index contributed by atoms with van der Waals surface area (Å²) in [5.74, 6) is 0.687. The van der Waals surface area contributed by atoms with Crippen molar-refractivity contribution in [1.82, 2.24) is 5.32 Å². The Labute approximate surface area is 94.0 Å². The molecule has 2 unspecified atom stereocenters. The summed E-state index contributed by atoms with van der Waals surface area (Å²) in [6.07, 6.45) is 2.52. The molecule has 1 nitrogen and oxygen atoms in total. The Hall–Kier alpha value is -0.340. The summed E-state index contributed by atoms with van der Waals surface area (Å²) in [6, 6.07) is 7.25. The van der Waals surface area contributed by atoms with Crippen LogP contribution in [0.25, 0.3) is 0 Å². The first-order valence-electron chi connectivity index (χ1n) is 5.18. The highest BCUT2D eigenvalue weighted by molar-refractivity contribution is 9.10. The fraction of sp³-hybridized carbons (Fsp3) is 0.500. The first-order chi connectivity index (χ1) is 6.72. The second-order valence-electron chi connectivity index (χ2n) is 4.07. The summed E-state index contributed by atoms with van der Waals surface area (Å²) in [4.78, 5) is 0. The van der Waals surface area contributed by atoms with Gasteiger partial charge in [-0.3, -0.25) is 0 Å². The zero-order valence-corrected chi connectivity index (χ0v) is 10.3. The average molecular weight is 254 g/mol. The molecule has 2 heteroatoms. The third kappa shape index (κ3) is 1.73. The molecule has 2 rings (SSSR count). The highest BCUT2D eigenvalue weighted by atomic mass is 79.9. The van der Waals surface area contributed by atoms with Gasteiger partial charge in [0.1, 0.15) is 0 Å². The Bertz CT molecular complexity index is 335. The Morgan fingerprint density at radius 2 is 2.29 bits per heavy atom. The van der Waals surface area contributed by atoms with E-state index >= 15 is 0 Å². The van der Waals surface area contributed by atoms with Crippen LogP contribution in [0.15, 0.2) is 22.7 Å². The van der Waals surface area contributed by atoms with Gasteiger partial charge in [-0.15, -0.1) is 0 Å². The maximum Gasteiger partial charge on any atom is 0.0178 e. The lowest BCUT2D eigenvalue weighted by atomic mass is 9.94. The largest absolute Gasteiger partial charge is 0.317 e. The molecular weight excluding hydrogens is 238 g/mol. The lowest BCUT2D eigenvalue weighted by Crippen LogP contribution is -2.27. The molecule has 0 spiro atoms. The number of hydrogen-bond acceptors (Lipinski definition) is 1. The lowest BCUT2D eigenvalue weighted by molar-refractivity contribution is 0.492. The van der Waals surface area contributed by atoms with E-state index in [1.165, 1.54) is 28.4 Å². The first-order valence-corrected chi connectivity index (χ1v) is 5.97. The van der Waals surface area contributed by atoms with Crippen LogP contribution >= 0.6 is 15.9 Å². The van der Waals surface area contributed by atoms with E-state index in [2.05, 4.69) is 46.4 Å². The second kappa shape index (κ2) is 4.03. The van der Waals surface area contributed by atoms with Crippen molar-refractivity contribution in [2.45, 2.75) is 31.7 Å². The van der Waals surface area contributed by atoms with Crippen molar-refractivity contribution >= 4 is 15.9 Å². The molecule has 0 saturated carbocycles. The molecule has 0 fully saturated rings. The summed E-state index contributed by atoms with van der Waals surface area (Å²) in [6.45, 7) is 2.26. The van der Waals surface area contributed by atoms with Crippen LogP contribution in [-0.4, -0.2) is 13.1 Å². The SMILES string of the molecule is CNC(C)C1CCc2ccc(Br)cc21. The molecule has 1 aliphatic rings. The molecular formula is C12H16BrN. The van der Waals surface area contributed by atoms with Crippen molar-refractivity contribution in [1.29, 1.82) is 0 Å². The number of nitrogens with one attached hydrogen (secondary N) is 1. The van der Waals surface area contributed by atoms with E-state index < -0.39 is 0 Å². The topological polar surface area (TPSA) is 12.0 Å². The third-order valence-electron chi connectivity index (χ3n) is 3.29. The monoisotopic (exact) mass is 253 g/mol. The Morgan fingerprint density at radius 1 is 1.50 bits per heavy atom. The molecule has 0 saturated heterocycles. The number of likely N-dealkylation sites (N-methyl/N-ethyl adjacent to an activating group) is 1. The highest BCUT2D eigenvalue weighted by Crippen LogP contribution is 2.36. The second-order valence-corrected chi connectivity index (χ2v) is 4.98. The first kappa shape index (κ1) is 10.2. The number of halogens is 1. The average Bonchev–Trinajstić information content (AvgIpc) is 2.59. The van der Waals surface area contributed by atoms with Crippen LogP contribution in [0.2, 0.25) is 0 Å². The van der Waals surface area contributed by atoms with Crippen molar-refractivity contribution in [3.63, 3.8) is 0 Å². The van der Waals surface area contributed by atoms with Crippen molar-refractivity contribution < 1.29 is 0 Å². The Balaban J connectivity index is 2.33. The molecule has 2 atom stereocenters. The molecule has 14 heavy (non-hydrogen) atoms. The Kier molecular flexibility index (Phi) is 2.93. The third-order valence-corrected chi connectivity index (χ3v) is 3.78. The van der Waals surface area contributed by atoms with Crippen molar-refractivity contribution in [3.8, 4) is 0 Å². The normalized spacial score (nSPS) is 22.1. The smallest absolute Gasteiger partial charge is 0.0178 e. The molecule has 0 heterocycles. The van der Waals surface area contributed by atoms with Gasteiger partial charge in [0.15, 0.2) is 0 Å². The van der Waals surface area contributed by atoms with E-state index in [4.69, 9.17) is 0 Å². The number of fused-ring (bicyclic) bond motifs is 1. The van der Waals surface area contributed by atoms with Gasteiger partial charge < -0.3 is 5.32 Å². The molecule has 1 aromatic rings. The fourth-order valence-corrected chi connectivity index (χ4v) is 2.70. The molecule has 0 bridgehead atoms. The molecule has 0 aliphatic heterocycles. The van der Waals surface area contributed by atoms with Crippen LogP contribution in [0.1, 0.15) is 30.4 Å². The van der Waals surface area contributed by atoms with E-state index in [0.717, 1.165) is 0 Å². The van der Waals surface area contributed by atoms with Crippen LogP contribution in [0.5, 0.6) is 0 Å². The van der Waals surface area contributed by atoms with Crippen molar-refractivity contribution in [2.24, 2.45) is 0 Å². The number of hydrogen-bond donors (Lipinski definition) is 1. The summed E-state index contributed by atoms with van der Waals surface area (Å²) in [7, 11) is 2.04. The lowest BCUT2D eigenvalue weighted by Gasteiger charge is -2.19. The fourth-order valence-electron chi connectivity index (χ4n) is 2.33. The molecule has 0 amide bonds.